The van der Waals surface area contributed by atoms with Crippen LogP contribution >= 0.6 is 0 Å². The van der Waals surface area contributed by atoms with E-state index in [2.05, 4.69) is 5.32 Å². The summed E-state index contributed by atoms with van der Waals surface area (Å²) in [5.41, 5.74) is -0.982. The molecule has 0 radical (unpaired) electrons. The van der Waals surface area contributed by atoms with Gasteiger partial charge in [0.25, 0.3) is 0 Å². The first kappa shape index (κ1) is 18.3. The Kier molecular flexibility index (Phi) is 5.22. The lowest BCUT2D eigenvalue weighted by molar-refractivity contribution is -0.133. The van der Waals surface area contributed by atoms with Gasteiger partial charge in [0.2, 0.25) is 11.8 Å². The fourth-order valence-corrected chi connectivity index (χ4v) is 2.47. The average Bonchev–Trinajstić information content (AvgIpc) is 2.85. The summed E-state index contributed by atoms with van der Waals surface area (Å²) < 4.78 is 26.6. The Labute approximate surface area is 139 Å². The molecule has 1 heterocycles. The van der Waals surface area contributed by atoms with Crippen LogP contribution in [0.25, 0.3) is 0 Å². The molecule has 0 aliphatic carbocycles. The molecule has 1 aliphatic heterocycles. The number of carbonyl (C=O) groups excluding carboxylic acids is 2. The molecule has 132 valence electrons. The summed E-state index contributed by atoms with van der Waals surface area (Å²) >= 11 is 0. The second kappa shape index (κ2) is 6.84. The van der Waals surface area contributed by atoms with Gasteiger partial charge in [-0.2, -0.15) is 0 Å². The predicted molar refractivity (Wildman–Crippen MR) is 85.3 cm³/mol. The van der Waals surface area contributed by atoms with Gasteiger partial charge in [0.15, 0.2) is 0 Å². The Balaban J connectivity index is 2.04. The zero-order valence-electron chi connectivity index (χ0n) is 14.0. The van der Waals surface area contributed by atoms with Gasteiger partial charge in [-0.1, -0.05) is 13.8 Å². The number of nitrogens with zero attached hydrogens (tertiary/aromatic N) is 1. The molecule has 1 fully saturated rings. The average molecular weight is 340 g/mol. The van der Waals surface area contributed by atoms with E-state index in [1.165, 1.54) is 4.90 Å². The Bertz CT molecular complexity index is 626. The Morgan fingerprint density at radius 2 is 1.96 bits per heavy atom. The molecule has 5 nitrogen and oxygen atoms in total. The van der Waals surface area contributed by atoms with E-state index in [0.29, 0.717) is 0 Å². The van der Waals surface area contributed by atoms with E-state index in [9.17, 15) is 23.5 Å². The summed E-state index contributed by atoms with van der Waals surface area (Å²) in [6.07, 6.45) is 0.257. The number of nitrogens with one attached hydrogen (secondary N) is 1. The molecule has 2 atom stereocenters. The van der Waals surface area contributed by atoms with E-state index in [4.69, 9.17) is 0 Å². The maximum absolute atomic E-state index is 13.3. The number of amides is 2. The normalized spacial score (nSPS) is 20.4. The lowest BCUT2D eigenvalue weighted by Crippen LogP contribution is -2.47. The van der Waals surface area contributed by atoms with Gasteiger partial charge in [-0.15, -0.1) is 0 Å². The van der Waals surface area contributed by atoms with Gasteiger partial charge < -0.3 is 15.3 Å². The van der Waals surface area contributed by atoms with Crippen molar-refractivity contribution in [3.05, 3.63) is 29.8 Å². The Morgan fingerprint density at radius 1 is 1.38 bits per heavy atom. The third-order valence-electron chi connectivity index (χ3n) is 4.55. The van der Waals surface area contributed by atoms with Crippen LogP contribution in [-0.2, 0) is 9.59 Å². The molecule has 1 aromatic rings. The first-order chi connectivity index (χ1) is 11.1. The third-order valence-corrected chi connectivity index (χ3v) is 4.55. The van der Waals surface area contributed by atoms with Crippen LogP contribution in [0.5, 0.6) is 0 Å². The van der Waals surface area contributed by atoms with Crippen LogP contribution in [0.15, 0.2) is 18.2 Å². The quantitative estimate of drug-likeness (QED) is 0.804. The van der Waals surface area contributed by atoms with Crippen molar-refractivity contribution in [3.63, 3.8) is 0 Å². The van der Waals surface area contributed by atoms with Crippen molar-refractivity contribution < 1.29 is 23.5 Å². The van der Waals surface area contributed by atoms with Gasteiger partial charge >= 0.3 is 0 Å². The van der Waals surface area contributed by atoms with Crippen LogP contribution in [-0.4, -0.2) is 35.6 Å². The fourth-order valence-electron chi connectivity index (χ4n) is 2.47. The fraction of sp³-hybridized carbons (Fsp3) is 0.529. The molecule has 2 amide bonds. The highest BCUT2D eigenvalue weighted by Crippen LogP contribution is 2.27. The first-order valence-corrected chi connectivity index (χ1v) is 7.89. The van der Waals surface area contributed by atoms with E-state index in [-0.39, 0.29) is 31.1 Å². The number of rotatable bonds is 5. The molecule has 7 heteroatoms. The molecular formula is C17H22F2N2O3. The lowest BCUT2D eigenvalue weighted by atomic mass is 9.92. The molecule has 24 heavy (non-hydrogen) atoms. The summed E-state index contributed by atoms with van der Waals surface area (Å²) in [4.78, 5) is 25.8. The smallest absolute Gasteiger partial charge is 0.239 e. The molecule has 2 unspecified atom stereocenters. The molecule has 2 rings (SSSR count). The number of benzene rings is 1. The van der Waals surface area contributed by atoms with Gasteiger partial charge in [-0.25, -0.2) is 8.78 Å². The number of carbonyl (C=O) groups is 2. The molecule has 1 aliphatic rings. The summed E-state index contributed by atoms with van der Waals surface area (Å²) in [6, 6.07) is 2.85. The van der Waals surface area contributed by atoms with Crippen LogP contribution in [0, 0.1) is 23.5 Å². The zero-order valence-corrected chi connectivity index (χ0v) is 14.0. The highest BCUT2D eigenvalue weighted by molar-refractivity contribution is 6.09. The number of hydrogen-bond acceptors (Lipinski definition) is 3. The van der Waals surface area contributed by atoms with Crippen LogP contribution in [0.2, 0.25) is 0 Å². The summed E-state index contributed by atoms with van der Waals surface area (Å²) in [5.74, 6) is -3.53. The van der Waals surface area contributed by atoms with Crippen molar-refractivity contribution in [2.24, 2.45) is 11.8 Å². The van der Waals surface area contributed by atoms with Crippen molar-refractivity contribution in [3.8, 4) is 0 Å². The number of hydrogen-bond donors (Lipinski definition) is 2. The van der Waals surface area contributed by atoms with Gasteiger partial charge in [0.1, 0.15) is 17.6 Å². The molecule has 1 aromatic carbocycles. The summed E-state index contributed by atoms with van der Waals surface area (Å²) in [5, 5.41) is 12.7. The highest BCUT2D eigenvalue weighted by atomic mass is 19.1. The second-order valence-electron chi connectivity index (χ2n) is 6.69. The molecule has 1 saturated heterocycles. The highest BCUT2D eigenvalue weighted by Gasteiger charge is 2.38. The minimum Gasteiger partial charge on any atom is -0.388 e. The molecule has 0 aromatic heterocycles. The van der Waals surface area contributed by atoms with Crippen LogP contribution < -0.4 is 10.2 Å². The van der Waals surface area contributed by atoms with E-state index in [0.717, 1.165) is 18.2 Å². The second-order valence-corrected chi connectivity index (χ2v) is 6.69. The van der Waals surface area contributed by atoms with Crippen LogP contribution in [0.1, 0.15) is 27.2 Å². The van der Waals surface area contributed by atoms with Crippen molar-refractivity contribution >= 4 is 17.5 Å². The number of halogens is 2. The lowest BCUT2D eigenvalue weighted by Gasteiger charge is -2.28. The van der Waals surface area contributed by atoms with E-state index in [1.54, 1.807) is 6.92 Å². The van der Waals surface area contributed by atoms with Crippen molar-refractivity contribution in [1.29, 1.82) is 0 Å². The van der Waals surface area contributed by atoms with Crippen molar-refractivity contribution in [2.45, 2.75) is 32.8 Å². The first-order valence-electron chi connectivity index (χ1n) is 7.89. The topological polar surface area (TPSA) is 69.6 Å². The molecule has 0 bridgehead atoms. The minimum absolute atomic E-state index is 0.0296. The Morgan fingerprint density at radius 3 is 2.50 bits per heavy atom. The standard InChI is InChI=1S/C17H22F2N2O3/c1-10(2)17(3,24)9-20-15(22)14-4-5-21(16(14)23)13-7-11(18)6-12(19)8-13/h6-8,10,14,24H,4-5,9H2,1-3H3,(H,20,22). The van der Waals surface area contributed by atoms with E-state index < -0.39 is 35.0 Å². The van der Waals surface area contributed by atoms with Crippen LogP contribution in [0.3, 0.4) is 0 Å². The van der Waals surface area contributed by atoms with Crippen molar-refractivity contribution in [2.75, 3.05) is 18.0 Å². The van der Waals surface area contributed by atoms with Crippen LogP contribution in [0.4, 0.5) is 14.5 Å². The molecule has 0 spiro atoms. The van der Waals surface area contributed by atoms with Gasteiger partial charge in [0, 0.05) is 24.8 Å². The molecule has 2 N–H and O–H groups in total. The summed E-state index contributed by atoms with van der Waals surface area (Å²) in [7, 11) is 0. The molecule has 0 saturated carbocycles. The maximum Gasteiger partial charge on any atom is 0.239 e. The minimum atomic E-state index is -1.08. The number of anilines is 1. The van der Waals surface area contributed by atoms with E-state index in [1.807, 2.05) is 13.8 Å². The van der Waals surface area contributed by atoms with Gasteiger partial charge in [-0.05, 0) is 31.4 Å². The molecular weight excluding hydrogens is 318 g/mol. The number of aliphatic hydroxyl groups is 1. The van der Waals surface area contributed by atoms with Gasteiger partial charge in [0.05, 0.1) is 5.60 Å². The zero-order chi connectivity index (χ0) is 18.1. The van der Waals surface area contributed by atoms with E-state index >= 15 is 0 Å². The van der Waals surface area contributed by atoms with Crippen molar-refractivity contribution in [1.82, 2.24) is 5.32 Å². The monoisotopic (exact) mass is 340 g/mol. The van der Waals surface area contributed by atoms with Gasteiger partial charge in [-0.3, -0.25) is 9.59 Å². The third kappa shape index (κ3) is 3.90. The SMILES string of the molecule is CC(C)C(C)(O)CNC(=O)C1CCN(c2cc(F)cc(F)c2)C1=O. The largest absolute Gasteiger partial charge is 0.388 e. The summed E-state index contributed by atoms with van der Waals surface area (Å²) in [6.45, 7) is 5.50. The predicted octanol–water partition coefficient (Wildman–Crippen LogP) is 1.84. The maximum atomic E-state index is 13.3. The Hall–Kier alpha value is -2.02.